The first kappa shape index (κ1) is 22.7. The van der Waals surface area contributed by atoms with Gasteiger partial charge in [0.25, 0.3) is 0 Å². The average Bonchev–Trinajstić information content (AvgIpc) is 3.08. The molecular formula is C19H35N5O3S. The Morgan fingerprint density at radius 2 is 2.04 bits per heavy atom. The van der Waals surface area contributed by atoms with Gasteiger partial charge in [-0.3, -0.25) is 0 Å². The molecule has 9 heteroatoms. The van der Waals surface area contributed by atoms with Crippen molar-refractivity contribution >= 4 is 15.8 Å². The van der Waals surface area contributed by atoms with Crippen LogP contribution in [-0.2, 0) is 21.8 Å². The maximum absolute atomic E-state index is 11.3. The first-order chi connectivity index (χ1) is 13.1. The quantitative estimate of drug-likeness (QED) is 0.516. The summed E-state index contributed by atoms with van der Waals surface area (Å²) in [5.41, 5.74) is -0.0667. The highest BCUT2D eigenvalue weighted by molar-refractivity contribution is 7.90. The van der Waals surface area contributed by atoms with Crippen LogP contribution in [0.4, 0.5) is 0 Å². The predicted molar refractivity (Wildman–Crippen MR) is 112 cm³/mol. The zero-order valence-corrected chi connectivity index (χ0v) is 18.6. The molecule has 0 saturated carbocycles. The van der Waals surface area contributed by atoms with Gasteiger partial charge in [0.05, 0.1) is 11.9 Å². The van der Waals surface area contributed by atoms with Gasteiger partial charge in [0.15, 0.2) is 5.96 Å². The summed E-state index contributed by atoms with van der Waals surface area (Å²) in [5.74, 6) is 2.45. The number of oxazole rings is 1. The van der Waals surface area contributed by atoms with E-state index in [1.54, 1.807) is 6.20 Å². The number of guanidine groups is 1. The van der Waals surface area contributed by atoms with Gasteiger partial charge in [0.1, 0.15) is 22.1 Å². The van der Waals surface area contributed by atoms with Gasteiger partial charge < -0.3 is 20.0 Å². The van der Waals surface area contributed by atoms with Crippen LogP contribution in [0.1, 0.15) is 52.2 Å². The van der Waals surface area contributed by atoms with E-state index >= 15 is 0 Å². The van der Waals surface area contributed by atoms with Crippen molar-refractivity contribution in [1.82, 2.24) is 20.5 Å². The maximum atomic E-state index is 11.3. The number of nitrogens with zero attached hydrogens (tertiary/aromatic N) is 3. The third-order valence-corrected chi connectivity index (χ3v) is 5.64. The Labute approximate surface area is 169 Å². The first-order valence-corrected chi connectivity index (χ1v) is 12.0. The molecule has 1 aromatic rings. The topological polar surface area (TPSA) is 99.8 Å². The van der Waals surface area contributed by atoms with E-state index in [9.17, 15) is 8.42 Å². The molecule has 1 fully saturated rings. The lowest BCUT2D eigenvalue weighted by Crippen LogP contribution is -2.49. The molecule has 1 aliphatic heterocycles. The third kappa shape index (κ3) is 7.79. The Kier molecular flexibility index (Phi) is 7.88. The van der Waals surface area contributed by atoms with Gasteiger partial charge in [-0.2, -0.15) is 0 Å². The first-order valence-electron chi connectivity index (χ1n) is 9.97. The van der Waals surface area contributed by atoms with Crippen molar-refractivity contribution in [3.8, 4) is 0 Å². The van der Waals surface area contributed by atoms with E-state index in [0.29, 0.717) is 25.0 Å². The number of nitrogens with one attached hydrogen (secondary N) is 2. The molecule has 0 aliphatic carbocycles. The molecule has 2 heterocycles. The fourth-order valence-corrected chi connectivity index (χ4v) is 3.58. The molecule has 1 aromatic heterocycles. The van der Waals surface area contributed by atoms with Gasteiger partial charge >= 0.3 is 0 Å². The molecule has 1 saturated heterocycles. The van der Waals surface area contributed by atoms with Crippen molar-refractivity contribution < 1.29 is 12.8 Å². The number of hydrogen-bond acceptors (Lipinski definition) is 6. The summed E-state index contributed by atoms with van der Waals surface area (Å²) in [4.78, 5) is 11.1. The average molecular weight is 414 g/mol. The van der Waals surface area contributed by atoms with Crippen molar-refractivity contribution in [2.24, 2.45) is 4.99 Å². The summed E-state index contributed by atoms with van der Waals surface area (Å²) in [6.45, 7) is 11.9. The fourth-order valence-electron chi connectivity index (χ4n) is 2.99. The van der Waals surface area contributed by atoms with E-state index in [4.69, 9.17) is 4.42 Å². The van der Waals surface area contributed by atoms with Crippen molar-refractivity contribution in [2.75, 3.05) is 38.2 Å². The van der Waals surface area contributed by atoms with Crippen LogP contribution in [0.15, 0.2) is 15.6 Å². The van der Waals surface area contributed by atoms with Crippen molar-refractivity contribution in [3.05, 3.63) is 17.8 Å². The number of aliphatic imine (C=N–C) groups is 1. The molecule has 0 atom stereocenters. The van der Waals surface area contributed by atoms with Crippen LogP contribution in [-0.4, -0.2) is 68.5 Å². The molecule has 160 valence electrons. The van der Waals surface area contributed by atoms with E-state index in [1.165, 1.54) is 6.26 Å². The summed E-state index contributed by atoms with van der Waals surface area (Å²) >= 11 is 0. The lowest BCUT2D eigenvalue weighted by molar-refractivity contribution is 0.216. The number of likely N-dealkylation sites (tertiary alicyclic amines) is 1. The molecule has 0 radical (unpaired) electrons. The van der Waals surface area contributed by atoms with Crippen LogP contribution >= 0.6 is 0 Å². The third-order valence-electron chi connectivity index (χ3n) is 4.72. The van der Waals surface area contributed by atoms with E-state index in [2.05, 4.69) is 46.3 Å². The zero-order chi connectivity index (χ0) is 20.8. The Hall–Kier alpha value is -1.61. The van der Waals surface area contributed by atoms with Gasteiger partial charge in [-0.05, 0) is 19.8 Å². The SMILES string of the molecule is CCNC(=NCc1ncc(C(C)(C)C)o1)NC1CCN(CCS(C)(=O)=O)CC1. The minimum atomic E-state index is -2.91. The van der Waals surface area contributed by atoms with E-state index in [1.807, 2.05) is 6.92 Å². The smallest absolute Gasteiger partial charge is 0.216 e. The van der Waals surface area contributed by atoms with Crippen LogP contribution in [0.2, 0.25) is 0 Å². The van der Waals surface area contributed by atoms with Crippen molar-refractivity contribution in [2.45, 2.75) is 58.5 Å². The molecule has 2 N–H and O–H groups in total. The lowest BCUT2D eigenvalue weighted by atomic mass is 9.94. The second-order valence-electron chi connectivity index (χ2n) is 8.45. The number of piperidine rings is 1. The second-order valence-corrected chi connectivity index (χ2v) is 10.7. The zero-order valence-electron chi connectivity index (χ0n) is 17.8. The number of hydrogen-bond donors (Lipinski definition) is 2. The second kappa shape index (κ2) is 9.73. The molecule has 0 aromatic carbocycles. The predicted octanol–water partition coefficient (Wildman–Crippen LogP) is 1.54. The summed E-state index contributed by atoms with van der Waals surface area (Å²) in [6.07, 6.45) is 4.99. The van der Waals surface area contributed by atoms with E-state index in [-0.39, 0.29) is 11.2 Å². The Bertz CT molecular complexity index is 744. The lowest BCUT2D eigenvalue weighted by Gasteiger charge is -2.32. The maximum Gasteiger partial charge on any atom is 0.216 e. The standard InChI is InChI=1S/C19H35N5O3S/c1-6-20-18(22-14-17-21-13-16(27-17)19(2,3)4)23-15-7-9-24(10-8-15)11-12-28(5,25)26/h13,15H,6-12,14H2,1-5H3,(H2,20,22,23). The summed E-state index contributed by atoms with van der Waals surface area (Å²) in [5, 5.41) is 6.75. The monoisotopic (exact) mass is 413 g/mol. The normalized spacial score (nSPS) is 17.7. The van der Waals surface area contributed by atoms with Crippen molar-refractivity contribution in [3.63, 3.8) is 0 Å². The number of sulfone groups is 1. The molecule has 28 heavy (non-hydrogen) atoms. The molecule has 1 aliphatic rings. The van der Waals surface area contributed by atoms with E-state index < -0.39 is 9.84 Å². The minimum absolute atomic E-state index is 0.0667. The molecule has 2 rings (SSSR count). The number of aromatic nitrogens is 1. The molecule has 0 bridgehead atoms. The Balaban J connectivity index is 1.85. The largest absolute Gasteiger partial charge is 0.443 e. The molecule has 8 nitrogen and oxygen atoms in total. The fraction of sp³-hybridized carbons (Fsp3) is 0.789. The highest BCUT2D eigenvalue weighted by Gasteiger charge is 2.21. The summed E-state index contributed by atoms with van der Waals surface area (Å²) in [7, 11) is -2.91. The molecule has 0 amide bonds. The van der Waals surface area contributed by atoms with Crippen molar-refractivity contribution in [1.29, 1.82) is 0 Å². The summed E-state index contributed by atoms with van der Waals surface area (Å²) in [6, 6.07) is 0.321. The molecule has 0 unspecified atom stereocenters. The van der Waals surface area contributed by atoms with Gasteiger partial charge in [0, 0.05) is 43.9 Å². The van der Waals surface area contributed by atoms with Gasteiger partial charge in [-0.15, -0.1) is 0 Å². The molecule has 0 spiro atoms. The highest BCUT2D eigenvalue weighted by Crippen LogP contribution is 2.22. The van der Waals surface area contributed by atoms with Gasteiger partial charge in [-0.25, -0.2) is 18.4 Å². The Morgan fingerprint density at radius 3 is 2.57 bits per heavy atom. The summed E-state index contributed by atoms with van der Waals surface area (Å²) < 4.78 is 28.5. The van der Waals surface area contributed by atoms with Gasteiger partial charge in [-0.1, -0.05) is 20.8 Å². The highest BCUT2D eigenvalue weighted by atomic mass is 32.2. The minimum Gasteiger partial charge on any atom is -0.443 e. The van der Waals surface area contributed by atoms with Crippen LogP contribution in [0.25, 0.3) is 0 Å². The van der Waals surface area contributed by atoms with Crippen LogP contribution in [0.5, 0.6) is 0 Å². The number of rotatable bonds is 7. The van der Waals surface area contributed by atoms with Crippen LogP contribution < -0.4 is 10.6 Å². The van der Waals surface area contributed by atoms with Crippen LogP contribution in [0, 0.1) is 0 Å². The van der Waals surface area contributed by atoms with E-state index in [0.717, 1.165) is 44.2 Å². The Morgan fingerprint density at radius 1 is 1.36 bits per heavy atom. The molecular weight excluding hydrogens is 378 g/mol. The van der Waals surface area contributed by atoms with Gasteiger partial charge in [0.2, 0.25) is 5.89 Å². The van der Waals surface area contributed by atoms with Crippen LogP contribution in [0.3, 0.4) is 0 Å².